The summed E-state index contributed by atoms with van der Waals surface area (Å²) in [6.07, 6.45) is 1.18. The van der Waals surface area contributed by atoms with Gasteiger partial charge in [-0.3, -0.25) is 9.20 Å². The van der Waals surface area contributed by atoms with Gasteiger partial charge in [0.15, 0.2) is 5.82 Å². The molecule has 1 aromatic carbocycles. The molecule has 0 aliphatic rings. The topological polar surface area (TPSA) is 135 Å². The van der Waals surface area contributed by atoms with Crippen LogP contribution in [0.4, 0.5) is 22.0 Å². The van der Waals surface area contributed by atoms with Crippen LogP contribution in [0.15, 0.2) is 53.5 Å². The molecule has 0 aliphatic carbocycles. The summed E-state index contributed by atoms with van der Waals surface area (Å²) in [5.74, 6) is -0.459. The maximum Gasteiger partial charge on any atom is 0.263 e. The minimum atomic E-state index is -0.512. The van der Waals surface area contributed by atoms with Gasteiger partial charge in [-0.05, 0) is 42.7 Å². The molecule has 9 heteroatoms. The molecule has 8 nitrogen and oxygen atoms in total. The van der Waals surface area contributed by atoms with E-state index < -0.39 is 11.9 Å². The molecule has 0 spiro atoms. The smallest absolute Gasteiger partial charge is 0.263 e. The standard InChI is InChI=1S/C23H20FN7O/c1-12-17-9-8-15(24)11-31(17)22(32)19(14-6-4-3-5-7-14)18(12)13(2)28-21-16(10-25)20(26)29-23(27)30-21/h3-9,11,13H,1-2H3,(H5,26,27,28,29,30)/t13-/m0/s1. The molecular formula is C23H20FN7O. The third-order valence-electron chi connectivity index (χ3n) is 5.32. The van der Waals surface area contributed by atoms with Crippen molar-refractivity contribution in [3.63, 3.8) is 0 Å². The summed E-state index contributed by atoms with van der Waals surface area (Å²) >= 11 is 0. The minimum Gasteiger partial charge on any atom is -0.382 e. The number of fused-ring (bicyclic) bond motifs is 1. The zero-order valence-corrected chi connectivity index (χ0v) is 17.4. The summed E-state index contributed by atoms with van der Waals surface area (Å²) in [6, 6.07) is 13.5. The molecule has 0 bridgehead atoms. The van der Waals surface area contributed by atoms with Gasteiger partial charge < -0.3 is 16.8 Å². The number of halogens is 1. The molecule has 4 rings (SSSR count). The van der Waals surface area contributed by atoms with E-state index in [0.29, 0.717) is 22.2 Å². The Balaban J connectivity index is 1.98. The highest BCUT2D eigenvalue weighted by molar-refractivity contribution is 5.75. The molecule has 1 atom stereocenters. The normalized spacial score (nSPS) is 11.8. The summed E-state index contributed by atoms with van der Waals surface area (Å²) in [6.45, 7) is 3.70. The van der Waals surface area contributed by atoms with Crippen LogP contribution in [-0.4, -0.2) is 14.4 Å². The lowest BCUT2D eigenvalue weighted by Crippen LogP contribution is -2.23. The molecule has 0 radical (unpaired) electrons. The lowest BCUT2D eigenvalue weighted by atomic mass is 9.92. The number of hydrogen-bond donors (Lipinski definition) is 3. The molecule has 160 valence electrons. The van der Waals surface area contributed by atoms with Gasteiger partial charge in [-0.25, -0.2) is 4.39 Å². The number of nitrogen functional groups attached to an aromatic ring is 2. The van der Waals surface area contributed by atoms with Crippen molar-refractivity contribution in [2.45, 2.75) is 19.9 Å². The zero-order valence-electron chi connectivity index (χ0n) is 17.4. The average Bonchev–Trinajstić information content (AvgIpc) is 2.76. The van der Waals surface area contributed by atoms with Crippen LogP contribution in [0.1, 0.15) is 29.7 Å². The summed E-state index contributed by atoms with van der Waals surface area (Å²) in [4.78, 5) is 21.4. The fourth-order valence-corrected chi connectivity index (χ4v) is 3.92. The first-order valence-electron chi connectivity index (χ1n) is 9.81. The van der Waals surface area contributed by atoms with Crippen LogP contribution in [0.25, 0.3) is 16.6 Å². The van der Waals surface area contributed by atoms with Gasteiger partial charge >= 0.3 is 0 Å². The third-order valence-corrected chi connectivity index (χ3v) is 5.32. The SMILES string of the molecule is Cc1c([C@H](C)Nc2nc(N)nc(N)c2C#N)c(-c2ccccc2)c(=O)n2cc(F)ccc12. The number of benzene rings is 1. The van der Waals surface area contributed by atoms with Crippen molar-refractivity contribution < 1.29 is 4.39 Å². The Morgan fingerprint density at radius 3 is 2.56 bits per heavy atom. The number of pyridine rings is 2. The second-order valence-electron chi connectivity index (χ2n) is 7.36. The van der Waals surface area contributed by atoms with E-state index >= 15 is 0 Å². The number of rotatable bonds is 4. The highest BCUT2D eigenvalue weighted by Gasteiger charge is 2.23. The lowest BCUT2D eigenvalue weighted by molar-refractivity contribution is 0.618. The largest absolute Gasteiger partial charge is 0.382 e. The molecule has 0 fully saturated rings. The number of nitrogens with zero attached hydrogens (tertiary/aromatic N) is 4. The van der Waals surface area contributed by atoms with Crippen molar-refractivity contribution in [2.75, 3.05) is 16.8 Å². The highest BCUT2D eigenvalue weighted by atomic mass is 19.1. The molecule has 3 aromatic heterocycles. The summed E-state index contributed by atoms with van der Waals surface area (Å²) in [5.41, 5.74) is 14.4. The number of nitrogens with one attached hydrogen (secondary N) is 1. The van der Waals surface area contributed by atoms with Crippen molar-refractivity contribution in [3.05, 3.63) is 81.5 Å². The molecule has 0 saturated heterocycles. The number of nitriles is 1. The van der Waals surface area contributed by atoms with Crippen molar-refractivity contribution in [2.24, 2.45) is 0 Å². The van der Waals surface area contributed by atoms with Gasteiger partial charge in [-0.15, -0.1) is 0 Å². The molecule has 0 amide bonds. The van der Waals surface area contributed by atoms with Crippen LogP contribution in [0.2, 0.25) is 0 Å². The Morgan fingerprint density at radius 2 is 1.88 bits per heavy atom. The second kappa shape index (κ2) is 8.00. The van der Waals surface area contributed by atoms with E-state index in [1.54, 1.807) is 6.07 Å². The summed E-state index contributed by atoms with van der Waals surface area (Å²) in [7, 11) is 0. The van der Waals surface area contributed by atoms with Crippen molar-refractivity contribution in [1.29, 1.82) is 5.26 Å². The molecule has 3 heterocycles. The van der Waals surface area contributed by atoms with Gasteiger partial charge in [0.1, 0.15) is 23.3 Å². The lowest BCUT2D eigenvalue weighted by Gasteiger charge is -2.23. The van der Waals surface area contributed by atoms with E-state index in [4.69, 9.17) is 11.5 Å². The molecule has 5 N–H and O–H groups in total. The zero-order chi connectivity index (χ0) is 23.0. The van der Waals surface area contributed by atoms with E-state index in [0.717, 1.165) is 5.56 Å². The minimum absolute atomic E-state index is 0.0382. The van der Waals surface area contributed by atoms with E-state index in [1.807, 2.05) is 50.2 Å². The Morgan fingerprint density at radius 1 is 1.16 bits per heavy atom. The Labute approximate surface area is 183 Å². The Bertz CT molecular complexity index is 1440. The van der Waals surface area contributed by atoms with E-state index in [-0.39, 0.29) is 28.7 Å². The van der Waals surface area contributed by atoms with Crippen LogP contribution in [0.5, 0.6) is 0 Å². The average molecular weight is 429 g/mol. The predicted octanol–water partition coefficient (Wildman–Crippen LogP) is 3.41. The molecule has 32 heavy (non-hydrogen) atoms. The van der Waals surface area contributed by atoms with Crippen LogP contribution < -0.4 is 22.3 Å². The van der Waals surface area contributed by atoms with Crippen LogP contribution in [-0.2, 0) is 0 Å². The van der Waals surface area contributed by atoms with Gasteiger partial charge in [0, 0.05) is 6.20 Å². The van der Waals surface area contributed by atoms with Crippen molar-refractivity contribution in [3.8, 4) is 17.2 Å². The fourth-order valence-electron chi connectivity index (χ4n) is 3.92. The van der Waals surface area contributed by atoms with Crippen molar-refractivity contribution in [1.82, 2.24) is 14.4 Å². The van der Waals surface area contributed by atoms with Gasteiger partial charge in [0.2, 0.25) is 5.95 Å². The molecule has 0 aliphatic heterocycles. The maximum atomic E-state index is 13.9. The Kier molecular flexibility index (Phi) is 5.20. The monoisotopic (exact) mass is 429 g/mol. The quantitative estimate of drug-likeness (QED) is 0.452. The van der Waals surface area contributed by atoms with E-state index in [9.17, 15) is 14.4 Å². The van der Waals surface area contributed by atoms with Gasteiger partial charge in [0.05, 0.1) is 17.1 Å². The van der Waals surface area contributed by atoms with Crippen molar-refractivity contribution >= 4 is 23.1 Å². The van der Waals surface area contributed by atoms with Gasteiger partial charge in [-0.1, -0.05) is 30.3 Å². The maximum absolute atomic E-state index is 13.9. The number of aryl methyl sites for hydroxylation is 1. The molecule has 4 aromatic rings. The first kappa shape index (κ1) is 20.8. The fraction of sp³-hybridized carbons (Fsp3) is 0.130. The molecular weight excluding hydrogens is 409 g/mol. The Hall–Kier alpha value is -4.45. The van der Waals surface area contributed by atoms with Gasteiger partial charge in [0.25, 0.3) is 5.56 Å². The first-order chi connectivity index (χ1) is 15.3. The number of nitrogens with two attached hydrogens (primary N) is 2. The molecule has 0 unspecified atom stereocenters. The van der Waals surface area contributed by atoms with Gasteiger partial charge in [-0.2, -0.15) is 15.2 Å². The predicted molar refractivity (Wildman–Crippen MR) is 121 cm³/mol. The number of anilines is 3. The third kappa shape index (κ3) is 3.48. The number of hydrogen-bond acceptors (Lipinski definition) is 7. The first-order valence-corrected chi connectivity index (χ1v) is 9.81. The van der Waals surface area contributed by atoms with E-state index in [2.05, 4.69) is 15.3 Å². The summed E-state index contributed by atoms with van der Waals surface area (Å²) < 4.78 is 15.3. The number of aromatic nitrogens is 3. The summed E-state index contributed by atoms with van der Waals surface area (Å²) in [5, 5.41) is 12.7. The highest BCUT2D eigenvalue weighted by Crippen LogP contribution is 2.33. The van der Waals surface area contributed by atoms with Crippen LogP contribution >= 0.6 is 0 Å². The van der Waals surface area contributed by atoms with E-state index in [1.165, 1.54) is 16.7 Å². The van der Waals surface area contributed by atoms with Crippen LogP contribution in [0, 0.1) is 24.1 Å². The second-order valence-corrected chi connectivity index (χ2v) is 7.36. The van der Waals surface area contributed by atoms with Crippen LogP contribution in [0.3, 0.4) is 0 Å². The molecule has 0 saturated carbocycles.